The third-order valence-corrected chi connectivity index (χ3v) is 6.79. The number of esters is 1. The number of aromatic amines is 1. The third-order valence-electron chi connectivity index (χ3n) is 6.79. The molecule has 3 heterocycles. The van der Waals surface area contributed by atoms with E-state index in [2.05, 4.69) is 35.1 Å². The summed E-state index contributed by atoms with van der Waals surface area (Å²) >= 11 is 0. The van der Waals surface area contributed by atoms with Gasteiger partial charge in [0.1, 0.15) is 5.41 Å². The molecule has 0 spiro atoms. The van der Waals surface area contributed by atoms with Crippen molar-refractivity contribution in [1.82, 2.24) is 9.88 Å². The number of rotatable bonds is 1. The fourth-order valence-corrected chi connectivity index (χ4v) is 5.78. The van der Waals surface area contributed by atoms with E-state index in [9.17, 15) is 4.79 Å². The van der Waals surface area contributed by atoms with Gasteiger partial charge in [-0.15, -0.1) is 0 Å². The molecule has 1 aliphatic carbocycles. The van der Waals surface area contributed by atoms with Gasteiger partial charge < -0.3 is 14.5 Å². The molecule has 4 bridgehead atoms. The first-order valence-electron chi connectivity index (χ1n) is 9.16. The Morgan fingerprint density at radius 2 is 2.20 bits per heavy atom. The number of para-hydroxylation sites is 1. The predicted octanol–water partition coefficient (Wildman–Crippen LogP) is 2.62. The molecule has 132 valence electrons. The first-order chi connectivity index (χ1) is 12.2. The molecule has 2 aliphatic heterocycles. The lowest BCUT2D eigenvalue weighted by Gasteiger charge is -2.53. The average molecular weight is 340 g/mol. The molecule has 3 aliphatic rings. The van der Waals surface area contributed by atoms with Gasteiger partial charge in [-0.25, -0.2) is 0 Å². The number of nitrogens with one attached hydrogen (secondary N) is 1. The zero-order chi connectivity index (χ0) is 17.2. The first kappa shape index (κ1) is 15.4. The van der Waals surface area contributed by atoms with Gasteiger partial charge in [-0.3, -0.25) is 9.69 Å². The molecule has 4 atom stereocenters. The standard InChI is InChI=1S/C20H24N2O3/c1-22-9-7-14-12-8-10-25-11-20(14,19(23)24-2)18-16(17(12)22)13-5-3-4-6-15(13)21-18/h3-6,12,14,17,21H,7-11H2,1-2H3/t12-,14-,17+,20?/m0/s1. The second-order valence-corrected chi connectivity index (χ2v) is 7.75. The van der Waals surface area contributed by atoms with Crippen LogP contribution in [0, 0.1) is 11.8 Å². The summed E-state index contributed by atoms with van der Waals surface area (Å²) in [6.07, 6.45) is 2.00. The molecule has 1 aromatic heterocycles. The van der Waals surface area contributed by atoms with Crippen LogP contribution in [-0.4, -0.2) is 49.8 Å². The normalized spacial score (nSPS) is 34.4. The number of fused-ring (bicyclic) bond motifs is 5. The summed E-state index contributed by atoms with van der Waals surface area (Å²) in [7, 11) is 3.71. The van der Waals surface area contributed by atoms with Gasteiger partial charge in [-0.05, 0) is 49.9 Å². The Bertz CT molecular complexity index is 845. The number of ether oxygens (including phenoxy) is 2. The number of nitrogens with zero attached hydrogens (tertiary/aromatic N) is 1. The highest BCUT2D eigenvalue weighted by atomic mass is 16.5. The van der Waals surface area contributed by atoms with E-state index in [1.807, 2.05) is 6.07 Å². The Morgan fingerprint density at radius 3 is 3.04 bits per heavy atom. The smallest absolute Gasteiger partial charge is 0.320 e. The highest BCUT2D eigenvalue weighted by Crippen LogP contribution is 2.58. The fraction of sp³-hybridized carbons (Fsp3) is 0.550. The fourth-order valence-electron chi connectivity index (χ4n) is 5.78. The number of carbonyl (C=O) groups is 1. The van der Waals surface area contributed by atoms with Gasteiger partial charge in [0.25, 0.3) is 0 Å². The number of H-pyrrole nitrogens is 1. The van der Waals surface area contributed by atoms with Crippen LogP contribution < -0.4 is 0 Å². The van der Waals surface area contributed by atoms with Crippen molar-refractivity contribution in [2.24, 2.45) is 11.8 Å². The molecule has 5 nitrogen and oxygen atoms in total. The van der Waals surface area contributed by atoms with E-state index >= 15 is 0 Å². The van der Waals surface area contributed by atoms with Gasteiger partial charge >= 0.3 is 5.97 Å². The number of benzene rings is 1. The molecule has 0 amide bonds. The van der Waals surface area contributed by atoms with Gasteiger partial charge in [0.15, 0.2) is 0 Å². The Balaban J connectivity index is 1.88. The van der Waals surface area contributed by atoms with Crippen molar-refractivity contribution in [3.8, 4) is 0 Å². The van der Waals surface area contributed by atoms with Crippen LogP contribution in [0.1, 0.15) is 30.1 Å². The molecule has 1 N–H and O–H groups in total. The molecule has 1 aromatic carbocycles. The highest BCUT2D eigenvalue weighted by Gasteiger charge is 2.61. The summed E-state index contributed by atoms with van der Waals surface area (Å²) < 4.78 is 11.3. The molecule has 2 saturated heterocycles. The maximum Gasteiger partial charge on any atom is 0.320 e. The van der Waals surface area contributed by atoms with Crippen molar-refractivity contribution in [2.45, 2.75) is 24.3 Å². The zero-order valence-electron chi connectivity index (χ0n) is 14.7. The van der Waals surface area contributed by atoms with Crippen LogP contribution in [0.15, 0.2) is 24.3 Å². The van der Waals surface area contributed by atoms with E-state index in [1.165, 1.54) is 18.1 Å². The van der Waals surface area contributed by atoms with Crippen LogP contribution in [0.4, 0.5) is 0 Å². The van der Waals surface area contributed by atoms with Crippen molar-refractivity contribution in [3.63, 3.8) is 0 Å². The Labute approximate surface area is 147 Å². The molecular formula is C20H24N2O3. The molecular weight excluding hydrogens is 316 g/mol. The number of hydrogen-bond donors (Lipinski definition) is 1. The Morgan fingerprint density at radius 1 is 1.36 bits per heavy atom. The van der Waals surface area contributed by atoms with Gasteiger partial charge in [0.2, 0.25) is 0 Å². The molecule has 5 heteroatoms. The van der Waals surface area contributed by atoms with Crippen molar-refractivity contribution >= 4 is 16.9 Å². The van der Waals surface area contributed by atoms with Crippen molar-refractivity contribution in [3.05, 3.63) is 35.5 Å². The molecule has 2 aromatic rings. The van der Waals surface area contributed by atoms with Crippen molar-refractivity contribution in [2.75, 3.05) is 33.9 Å². The van der Waals surface area contributed by atoms with E-state index in [-0.39, 0.29) is 11.9 Å². The van der Waals surface area contributed by atoms with Gasteiger partial charge in [-0.1, -0.05) is 18.2 Å². The third kappa shape index (κ3) is 1.83. The van der Waals surface area contributed by atoms with Crippen LogP contribution in [0.5, 0.6) is 0 Å². The SMILES string of the molecule is COC(=O)C12COCC[C@@H]3[C@H](c4c1[nH]c1ccccc41)N(C)CC[C@@H]32. The van der Waals surface area contributed by atoms with Crippen LogP contribution in [-0.2, 0) is 19.7 Å². The molecule has 1 unspecified atom stereocenters. The Hall–Kier alpha value is -1.85. The maximum absolute atomic E-state index is 13.1. The zero-order valence-corrected chi connectivity index (χ0v) is 14.7. The largest absolute Gasteiger partial charge is 0.468 e. The lowest BCUT2D eigenvalue weighted by molar-refractivity contribution is -0.156. The van der Waals surface area contributed by atoms with E-state index in [1.54, 1.807) is 0 Å². The molecule has 0 saturated carbocycles. The molecule has 2 fully saturated rings. The minimum atomic E-state index is -0.706. The van der Waals surface area contributed by atoms with Crippen LogP contribution >= 0.6 is 0 Å². The molecule has 25 heavy (non-hydrogen) atoms. The summed E-state index contributed by atoms with van der Waals surface area (Å²) in [6, 6.07) is 8.73. The number of methoxy groups -OCH3 is 1. The number of likely N-dealkylation sites (tertiary alicyclic amines) is 1. The van der Waals surface area contributed by atoms with E-state index < -0.39 is 5.41 Å². The monoisotopic (exact) mass is 340 g/mol. The van der Waals surface area contributed by atoms with Gasteiger partial charge in [0.05, 0.1) is 13.7 Å². The number of aromatic nitrogens is 1. The quantitative estimate of drug-likeness (QED) is 0.811. The van der Waals surface area contributed by atoms with Crippen molar-refractivity contribution < 1.29 is 14.3 Å². The molecule has 0 radical (unpaired) electrons. The van der Waals surface area contributed by atoms with Gasteiger partial charge in [0, 0.05) is 29.2 Å². The van der Waals surface area contributed by atoms with Crippen LogP contribution in [0.25, 0.3) is 10.9 Å². The lowest BCUT2D eigenvalue weighted by Crippen LogP contribution is -2.58. The number of carbonyl (C=O) groups excluding carboxylic acids is 1. The summed E-state index contributed by atoms with van der Waals surface area (Å²) in [5, 5.41) is 1.23. The highest BCUT2D eigenvalue weighted by molar-refractivity contribution is 5.92. The predicted molar refractivity (Wildman–Crippen MR) is 94.4 cm³/mol. The Kier molecular flexibility index (Phi) is 3.28. The average Bonchev–Trinajstić information content (AvgIpc) is 2.93. The van der Waals surface area contributed by atoms with Crippen LogP contribution in [0.3, 0.4) is 0 Å². The summed E-state index contributed by atoms with van der Waals surface area (Å²) in [4.78, 5) is 19.2. The lowest BCUT2D eigenvalue weighted by atomic mass is 9.56. The first-order valence-corrected chi connectivity index (χ1v) is 9.16. The van der Waals surface area contributed by atoms with E-state index in [4.69, 9.17) is 9.47 Å². The van der Waals surface area contributed by atoms with E-state index in [0.717, 1.165) is 30.6 Å². The van der Waals surface area contributed by atoms with E-state index in [0.29, 0.717) is 25.2 Å². The minimum absolute atomic E-state index is 0.153. The second-order valence-electron chi connectivity index (χ2n) is 7.75. The topological polar surface area (TPSA) is 54.6 Å². The summed E-state index contributed by atoms with van der Waals surface area (Å²) in [5.74, 6) is 0.538. The molecule has 5 rings (SSSR count). The summed E-state index contributed by atoms with van der Waals surface area (Å²) in [5.41, 5.74) is 2.71. The maximum atomic E-state index is 13.1. The minimum Gasteiger partial charge on any atom is -0.468 e. The van der Waals surface area contributed by atoms with Crippen molar-refractivity contribution in [1.29, 1.82) is 0 Å². The summed E-state index contributed by atoms with van der Waals surface area (Å²) in [6.45, 7) is 2.13. The second kappa shape index (κ2) is 5.32. The number of piperidine rings is 1. The van der Waals surface area contributed by atoms with Gasteiger partial charge in [-0.2, -0.15) is 0 Å². The van der Waals surface area contributed by atoms with Crippen LogP contribution in [0.2, 0.25) is 0 Å². The number of hydrogen-bond acceptors (Lipinski definition) is 4.